The van der Waals surface area contributed by atoms with Crippen molar-refractivity contribution in [2.24, 2.45) is 0 Å². The fourth-order valence-electron chi connectivity index (χ4n) is 7.26. The van der Waals surface area contributed by atoms with Crippen LogP contribution in [0.25, 0.3) is 6.08 Å². The number of nitrogens with zero attached hydrogens (tertiary/aromatic N) is 2. The number of rotatable bonds is 19. The number of methoxy groups -OCH3 is 1. The van der Waals surface area contributed by atoms with Gasteiger partial charge in [0.2, 0.25) is 0 Å². The van der Waals surface area contributed by atoms with E-state index in [1.807, 2.05) is 12.4 Å². The first-order valence-corrected chi connectivity index (χ1v) is 21.4. The van der Waals surface area contributed by atoms with E-state index in [0.29, 0.717) is 23.5 Å². The molecule has 0 aliphatic carbocycles. The van der Waals surface area contributed by atoms with Crippen LogP contribution in [0.2, 0.25) is 0 Å². The standard InChI is InChI=1S/C42H49N3O17S/c1-7-32-41(4)40(56-27(3)46)42(5,60-32)37(30(59-41)20-14-9-8-13-19-29-26(2)31(54-6)25-36(50)57-29)58-34(48)22-23-35(49)61-43-33(47)21-15-16-24-55-38-39(45(51)62-44-38)63(52,53)28-17-11-10-12-18-28/h8-14,17-20,25,30,32,37,40H,7,15-16,21-24H2,1-6H3,(H,43,47)/b9-8+,19-13+,20-14+/t30-,32+,37-,40+,41-,42+/m0/s1. The van der Waals surface area contributed by atoms with Crippen molar-refractivity contribution >= 4 is 39.7 Å². The average molecular weight is 900 g/mol. The van der Waals surface area contributed by atoms with Gasteiger partial charge in [-0.05, 0) is 63.1 Å². The zero-order chi connectivity index (χ0) is 46.0. The molecule has 5 rings (SSSR count). The Morgan fingerprint density at radius 2 is 1.68 bits per heavy atom. The molecule has 20 nitrogen and oxygen atoms in total. The first-order valence-electron chi connectivity index (χ1n) is 19.9. The number of sulfone groups is 1. The minimum atomic E-state index is -4.30. The number of carbonyl (C=O) groups is 4. The molecule has 2 fully saturated rings. The SMILES string of the molecule is CC[C@H]1O[C@@]2(C)[C@H](OC(C)=O)[C@@]1(C)O[C@@H](/C=C/C=C/C=C/c1oc(=O)cc(OC)c1C)[C@@H]2OC(=O)CCC(=O)ONC(=O)CCCCOc1no[n+]([O-])c1S(=O)(=O)c1ccccc1. The van der Waals surface area contributed by atoms with Crippen LogP contribution in [0.5, 0.6) is 11.6 Å². The van der Waals surface area contributed by atoms with E-state index in [0.717, 1.165) is 0 Å². The van der Waals surface area contributed by atoms with Gasteiger partial charge in [-0.25, -0.2) is 18.0 Å². The minimum Gasteiger partial charge on any atom is -0.496 e. The number of amides is 1. The van der Waals surface area contributed by atoms with Crippen molar-refractivity contribution in [1.29, 1.82) is 0 Å². The van der Waals surface area contributed by atoms with Crippen molar-refractivity contribution in [2.75, 3.05) is 13.7 Å². The van der Waals surface area contributed by atoms with E-state index in [9.17, 15) is 37.6 Å². The second-order valence-electron chi connectivity index (χ2n) is 14.8. The highest BCUT2D eigenvalue weighted by molar-refractivity contribution is 7.91. The summed E-state index contributed by atoms with van der Waals surface area (Å²) in [5.74, 6) is -2.86. The van der Waals surface area contributed by atoms with Crippen molar-refractivity contribution in [3.63, 3.8) is 0 Å². The number of hydroxylamine groups is 1. The molecule has 1 N–H and O–H groups in total. The fourth-order valence-corrected chi connectivity index (χ4v) is 8.55. The Morgan fingerprint density at radius 1 is 0.968 bits per heavy atom. The van der Waals surface area contributed by atoms with Gasteiger partial charge in [0.05, 0.1) is 48.8 Å². The number of ether oxygens (including phenoxy) is 6. The molecule has 340 valence electrons. The number of allylic oxidation sites excluding steroid dienone is 4. The molecule has 0 saturated carbocycles. The van der Waals surface area contributed by atoms with Crippen LogP contribution in [-0.2, 0) is 52.8 Å². The van der Waals surface area contributed by atoms with Crippen LogP contribution in [0.4, 0.5) is 0 Å². The first-order chi connectivity index (χ1) is 29.9. The Kier molecular flexibility index (Phi) is 15.7. The molecule has 21 heteroatoms. The molecule has 2 aromatic heterocycles. The summed E-state index contributed by atoms with van der Waals surface area (Å²) >= 11 is 0. The Balaban J connectivity index is 1.13. The lowest BCUT2D eigenvalue weighted by molar-refractivity contribution is -0.832. The van der Waals surface area contributed by atoms with Gasteiger partial charge in [-0.15, -0.1) is 0 Å². The van der Waals surface area contributed by atoms with E-state index >= 15 is 0 Å². The molecule has 2 aliphatic rings. The van der Waals surface area contributed by atoms with Crippen LogP contribution < -0.4 is 25.5 Å². The van der Waals surface area contributed by atoms with Gasteiger partial charge in [-0.2, -0.15) is 5.48 Å². The van der Waals surface area contributed by atoms with Gasteiger partial charge in [0.1, 0.15) is 28.8 Å². The highest BCUT2D eigenvalue weighted by Crippen LogP contribution is 2.52. The zero-order valence-corrected chi connectivity index (χ0v) is 36.2. The number of carbonyl (C=O) groups excluding carboxylic acids is 4. The summed E-state index contributed by atoms with van der Waals surface area (Å²) in [6, 6.07) is 8.42. The number of hydrogen-bond acceptors (Lipinski definition) is 18. The van der Waals surface area contributed by atoms with E-state index in [1.54, 1.807) is 63.3 Å². The molecule has 2 aliphatic heterocycles. The third kappa shape index (κ3) is 11.2. The van der Waals surface area contributed by atoms with Crippen LogP contribution in [0.1, 0.15) is 77.5 Å². The number of nitrogens with one attached hydrogen (secondary N) is 1. The van der Waals surface area contributed by atoms with E-state index in [4.69, 9.17) is 37.7 Å². The quantitative estimate of drug-likeness (QED) is 0.0449. The van der Waals surface area contributed by atoms with Gasteiger partial charge in [-0.1, -0.05) is 55.5 Å². The smallest absolute Gasteiger partial charge is 0.414 e. The normalized spacial score (nSPS) is 23.2. The highest BCUT2D eigenvalue weighted by atomic mass is 32.2. The Hall–Kier alpha value is -6.32. The minimum absolute atomic E-state index is 0.129. The molecule has 2 saturated heterocycles. The van der Waals surface area contributed by atoms with Crippen molar-refractivity contribution in [1.82, 2.24) is 10.6 Å². The van der Waals surface area contributed by atoms with E-state index in [2.05, 4.69) is 9.79 Å². The maximum atomic E-state index is 13.3. The van der Waals surface area contributed by atoms with E-state index in [-0.39, 0.29) is 35.7 Å². The third-order valence-corrected chi connectivity index (χ3v) is 12.0. The van der Waals surface area contributed by atoms with Gasteiger partial charge in [0.15, 0.2) is 12.2 Å². The van der Waals surface area contributed by atoms with Crippen molar-refractivity contribution < 1.29 is 74.8 Å². The Bertz CT molecular complexity index is 2390. The molecular weight excluding hydrogens is 851 g/mol. The van der Waals surface area contributed by atoms with Crippen LogP contribution >= 0.6 is 0 Å². The summed E-state index contributed by atoms with van der Waals surface area (Å²) in [6.07, 6.45) is 6.15. The summed E-state index contributed by atoms with van der Waals surface area (Å²) in [5, 5.41) is 14.6. The fraction of sp³-hybridized carbons (Fsp3) is 0.452. The largest absolute Gasteiger partial charge is 0.496 e. The molecule has 2 bridgehead atoms. The third-order valence-electron chi connectivity index (χ3n) is 10.2. The van der Waals surface area contributed by atoms with Crippen molar-refractivity contribution in [3.8, 4) is 11.6 Å². The topological polar surface area (TPSA) is 262 Å². The van der Waals surface area contributed by atoms with E-state index < -0.39 is 98.6 Å². The lowest BCUT2D eigenvalue weighted by atomic mass is 9.77. The number of aromatic nitrogens is 2. The summed E-state index contributed by atoms with van der Waals surface area (Å²) in [7, 11) is -2.85. The van der Waals surface area contributed by atoms with Crippen LogP contribution in [0.15, 0.2) is 90.5 Å². The van der Waals surface area contributed by atoms with Gasteiger partial charge in [-0.3, -0.25) is 19.0 Å². The van der Waals surface area contributed by atoms with Gasteiger partial charge in [0.25, 0.3) is 15.7 Å². The lowest BCUT2D eigenvalue weighted by Gasteiger charge is -2.48. The first kappa shape index (κ1) is 47.7. The predicted molar refractivity (Wildman–Crippen MR) is 216 cm³/mol. The summed E-state index contributed by atoms with van der Waals surface area (Å²) in [6.45, 7) is 8.17. The molecule has 0 unspecified atom stereocenters. The summed E-state index contributed by atoms with van der Waals surface area (Å²) < 4.78 is 70.7. The van der Waals surface area contributed by atoms with Crippen molar-refractivity contribution in [2.45, 2.75) is 119 Å². The van der Waals surface area contributed by atoms with Gasteiger partial charge < -0.3 is 42.9 Å². The molecule has 0 radical (unpaired) electrons. The molecule has 1 aromatic carbocycles. The number of unbranched alkanes of at least 4 members (excludes halogenated alkanes) is 1. The molecule has 0 spiro atoms. The second kappa shape index (κ2) is 20.7. The van der Waals surface area contributed by atoms with Crippen LogP contribution in [-0.4, -0.2) is 86.7 Å². The zero-order valence-electron chi connectivity index (χ0n) is 35.4. The molecule has 63 heavy (non-hydrogen) atoms. The molecule has 6 atom stereocenters. The predicted octanol–water partition coefficient (Wildman–Crippen LogP) is 3.71. The number of esters is 2. The van der Waals surface area contributed by atoms with Gasteiger partial charge in [0, 0.05) is 18.9 Å². The second-order valence-corrected chi connectivity index (χ2v) is 16.6. The van der Waals surface area contributed by atoms with Crippen molar-refractivity contribution in [3.05, 3.63) is 93.7 Å². The number of fused-ring (bicyclic) bond motifs is 2. The van der Waals surface area contributed by atoms with Crippen LogP contribution in [0, 0.1) is 12.1 Å². The summed E-state index contributed by atoms with van der Waals surface area (Å²) in [4.78, 5) is 66.7. The molecule has 3 aromatic rings. The molecule has 4 heterocycles. The lowest BCUT2D eigenvalue weighted by Crippen LogP contribution is -2.66. The van der Waals surface area contributed by atoms with E-state index in [1.165, 1.54) is 44.4 Å². The number of hydrogen-bond donors (Lipinski definition) is 1. The highest BCUT2D eigenvalue weighted by Gasteiger charge is 2.71. The summed E-state index contributed by atoms with van der Waals surface area (Å²) in [5.41, 5.74) is -0.408. The maximum absolute atomic E-state index is 13.3. The Morgan fingerprint density at radius 3 is 2.38 bits per heavy atom. The average Bonchev–Trinajstić information content (AvgIpc) is 3.70. The monoisotopic (exact) mass is 899 g/mol. The van der Waals surface area contributed by atoms with Gasteiger partial charge >= 0.3 is 34.4 Å². The Labute approximate surface area is 362 Å². The molecule has 1 amide bonds. The molecular formula is C42H49N3O17S. The van der Waals surface area contributed by atoms with Crippen LogP contribution in [0.3, 0.4) is 0 Å². The maximum Gasteiger partial charge on any atom is 0.414 e. The number of benzene rings is 1.